The summed E-state index contributed by atoms with van der Waals surface area (Å²) < 4.78 is 3.11. The standard InChI is InChI=1S/C14H13BrN4/c15-12-6-2-1-4-10(12)8-14-18-17-13-7-3-5-11(9-16)19(13)14/h1-7H,8-9,16H2. The maximum absolute atomic E-state index is 5.78. The number of nitrogens with two attached hydrogens (primary N) is 1. The number of hydrogen-bond acceptors (Lipinski definition) is 3. The first-order valence-corrected chi connectivity index (χ1v) is 6.84. The summed E-state index contributed by atoms with van der Waals surface area (Å²) in [6.07, 6.45) is 0.722. The van der Waals surface area contributed by atoms with E-state index in [0.717, 1.165) is 28.1 Å². The summed E-state index contributed by atoms with van der Waals surface area (Å²) in [5.74, 6) is 0.906. The maximum Gasteiger partial charge on any atom is 0.161 e. The third-order valence-corrected chi connectivity index (χ3v) is 3.87. The van der Waals surface area contributed by atoms with Crippen LogP contribution >= 0.6 is 15.9 Å². The van der Waals surface area contributed by atoms with E-state index < -0.39 is 0 Å². The van der Waals surface area contributed by atoms with Gasteiger partial charge in [-0.25, -0.2) is 0 Å². The van der Waals surface area contributed by atoms with Crippen LogP contribution in [0, 0.1) is 0 Å². The van der Waals surface area contributed by atoms with Gasteiger partial charge in [-0.2, -0.15) is 0 Å². The molecule has 0 aliphatic heterocycles. The van der Waals surface area contributed by atoms with Crippen molar-refractivity contribution < 1.29 is 0 Å². The molecule has 5 heteroatoms. The van der Waals surface area contributed by atoms with Gasteiger partial charge in [0.1, 0.15) is 5.82 Å². The Morgan fingerprint density at radius 1 is 1.05 bits per heavy atom. The van der Waals surface area contributed by atoms with Gasteiger partial charge in [0.05, 0.1) is 0 Å². The quantitative estimate of drug-likeness (QED) is 0.808. The molecule has 2 N–H and O–H groups in total. The SMILES string of the molecule is NCc1cccc2nnc(Cc3ccccc3Br)n12. The van der Waals surface area contributed by atoms with E-state index in [9.17, 15) is 0 Å². The van der Waals surface area contributed by atoms with Gasteiger partial charge in [0.2, 0.25) is 0 Å². The lowest BCUT2D eigenvalue weighted by molar-refractivity contribution is 0.869. The smallest absolute Gasteiger partial charge is 0.161 e. The topological polar surface area (TPSA) is 56.2 Å². The molecular formula is C14H13BrN4. The molecule has 0 bridgehead atoms. The fourth-order valence-corrected chi connectivity index (χ4v) is 2.58. The number of aromatic nitrogens is 3. The maximum atomic E-state index is 5.78. The second kappa shape index (κ2) is 5.11. The van der Waals surface area contributed by atoms with Crippen LogP contribution in [0.3, 0.4) is 0 Å². The Morgan fingerprint density at radius 2 is 1.89 bits per heavy atom. The van der Waals surface area contributed by atoms with Crippen molar-refractivity contribution in [2.24, 2.45) is 5.73 Å². The number of hydrogen-bond donors (Lipinski definition) is 1. The van der Waals surface area contributed by atoms with Crippen LogP contribution in [0.1, 0.15) is 17.1 Å². The van der Waals surface area contributed by atoms with Crippen molar-refractivity contribution in [3.8, 4) is 0 Å². The van der Waals surface area contributed by atoms with Crippen molar-refractivity contribution >= 4 is 21.6 Å². The molecule has 2 heterocycles. The first-order valence-electron chi connectivity index (χ1n) is 6.05. The van der Waals surface area contributed by atoms with E-state index in [1.807, 2.05) is 40.8 Å². The molecule has 2 aromatic heterocycles. The van der Waals surface area contributed by atoms with Crippen molar-refractivity contribution in [3.63, 3.8) is 0 Å². The summed E-state index contributed by atoms with van der Waals surface area (Å²) >= 11 is 3.56. The lowest BCUT2D eigenvalue weighted by atomic mass is 10.1. The van der Waals surface area contributed by atoms with Gasteiger partial charge < -0.3 is 5.73 Å². The van der Waals surface area contributed by atoms with Crippen LogP contribution in [-0.2, 0) is 13.0 Å². The van der Waals surface area contributed by atoms with Crippen LogP contribution in [0.4, 0.5) is 0 Å². The Kier molecular flexibility index (Phi) is 3.31. The number of nitrogens with zero attached hydrogens (tertiary/aromatic N) is 3. The second-order valence-corrected chi connectivity index (χ2v) is 5.15. The zero-order valence-corrected chi connectivity index (χ0v) is 11.8. The highest BCUT2D eigenvalue weighted by molar-refractivity contribution is 9.10. The first-order chi connectivity index (χ1) is 9.29. The molecule has 0 spiro atoms. The summed E-state index contributed by atoms with van der Waals surface area (Å²) in [5, 5.41) is 8.47. The normalized spacial score (nSPS) is 11.1. The summed E-state index contributed by atoms with van der Waals surface area (Å²) in [6, 6.07) is 14.0. The second-order valence-electron chi connectivity index (χ2n) is 4.30. The van der Waals surface area contributed by atoms with E-state index in [1.54, 1.807) is 0 Å². The third-order valence-electron chi connectivity index (χ3n) is 3.09. The Balaban J connectivity index is 2.09. The van der Waals surface area contributed by atoms with Gasteiger partial charge in [0.25, 0.3) is 0 Å². The van der Waals surface area contributed by atoms with Crippen LogP contribution in [-0.4, -0.2) is 14.6 Å². The van der Waals surface area contributed by atoms with E-state index in [1.165, 1.54) is 5.56 Å². The average molecular weight is 317 g/mol. The molecule has 3 rings (SSSR count). The molecule has 0 atom stereocenters. The molecule has 0 amide bonds. The molecular weight excluding hydrogens is 304 g/mol. The summed E-state index contributed by atoms with van der Waals surface area (Å²) in [5.41, 5.74) is 8.82. The highest BCUT2D eigenvalue weighted by Crippen LogP contribution is 2.19. The Morgan fingerprint density at radius 3 is 2.68 bits per heavy atom. The number of halogens is 1. The molecule has 0 fully saturated rings. The summed E-state index contributed by atoms with van der Waals surface area (Å²) in [4.78, 5) is 0. The van der Waals surface area contributed by atoms with Crippen LogP contribution in [0.15, 0.2) is 46.9 Å². The number of fused-ring (bicyclic) bond motifs is 1. The first kappa shape index (κ1) is 12.3. The van der Waals surface area contributed by atoms with Crippen LogP contribution in [0.2, 0.25) is 0 Å². The number of pyridine rings is 1. The van der Waals surface area contributed by atoms with Gasteiger partial charge in [0, 0.05) is 23.1 Å². The average Bonchev–Trinajstić information content (AvgIpc) is 2.85. The molecule has 0 aliphatic carbocycles. The number of benzene rings is 1. The summed E-state index contributed by atoms with van der Waals surface area (Å²) in [7, 11) is 0. The molecule has 1 aromatic carbocycles. The van der Waals surface area contributed by atoms with Crippen LogP contribution in [0.5, 0.6) is 0 Å². The van der Waals surface area contributed by atoms with Crippen molar-refractivity contribution in [1.29, 1.82) is 0 Å². The lowest BCUT2D eigenvalue weighted by Crippen LogP contribution is -2.07. The zero-order valence-electron chi connectivity index (χ0n) is 10.3. The van der Waals surface area contributed by atoms with E-state index >= 15 is 0 Å². The minimum Gasteiger partial charge on any atom is -0.325 e. The molecule has 0 saturated carbocycles. The monoisotopic (exact) mass is 316 g/mol. The van der Waals surface area contributed by atoms with E-state index in [0.29, 0.717) is 6.54 Å². The highest BCUT2D eigenvalue weighted by atomic mass is 79.9. The largest absolute Gasteiger partial charge is 0.325 e. The van der Waals surface area contributed by atoms with Gasteiger partial charge in [-0.05, 0) is 23.8 Å². The predicted octanol–water partition coefficient (Wildman–Crippen LogP) is 2.54. The fourth-order valence-electron chi connectivity index (χ4n) is 2.16. The molecule has 3 aromatic rings. The van der Waals surface area contributed by atoms with Crippen molar-refractivity contribution in [2.75, 3.05) is 0 Å². The highest BCUT2D eigenvalue weighted by Gasteiger charge is 2.10. The van der Waals surface area contributed by atoms with E-state index in [-0.39, 0.29) is 0 Å². The van der Waals surface area contributed by atoms with Gasteiger partial charge in [-0.3, -0.25) is 4.40 Å². The van der Waals surface area contributed by atoms with Crippen molar-refractivity contribution in [3.05, 3.63) is 64.0 Å². The molecule has 0 radical (unpaired) electrons. The molecule has 0 saturated heterocycles. The predicted molar refractivity (Wildman–Crippen MR) is 77.8 cm³/mol. The molecule has 19 heavy (non-hydrogen) atoms. The van der Waals surface area contributed by atoms with Crippen LogP contribution < -0.4 is 5.73 Å². The Bertz CT molecular complexity index is 720. The van der Waals surface area contributed by atoms with Gasteiger partial charge in [-0.1, -0.05) is 40.2 Å². The van der Waals surface area contributed by atoms with E-state index in [2.05, 4.69) is 32.2 Å². The van der Waals surface area contributed by atoms with Crippen LogP contribution in [0.25, 0.3) is 5.65 Å². The Hall–Kier alpha value is -1.72. The fraction of sp³-hybridized carbons (Fsp3) is 0.143. The summed E-state index contributed by atoms with van der Waals surface area (Å²) in [6.45, 7) is 0.471. The molecule has 0 aliphatic rings. The van der Waals surface area contributed by atoms with Gasteiger partial charge in [-0.15, -0.1) is 10.2 Å². The third kappa shape index (κ3) is 2.27. The zero-order chi connectivity index (χ0) is 13.2. The minimum atomic E-state index is 0.471. The lowest BCUT2D eigenvalue weighted by Gasteiger charge is -2.06. The van der Waals surface area contributed by atoms with E-state index in [4.69, 9.17) is 5.73 Å². The van der Waals surface area contributed by atoms with Crippen molar-refractivity contribution in [1.82, 2.24) is 14.6 Å². The molecule has 96 valence electrons. The minimum absolute atomic E-state index is 0.471. The molecule has 0 unspecified atom stereocenters. The number of rotatable bonds is 3. The van der Waals surface area contributed by atoms with Gasteiger partial charge in [0.15, 0.2) is 5.65 Å². The van der Waals surface area contributed by atoms with Crippen molar-refractivity contribution in [2.45, 2.75) is 13.0 Å². The molecule has 4 nitrogen and oxygen atoms in total. The van der Waals surface area contributed by atoms with Gasteiger partial charge >= 0.3 is 0 Å². The Labute approximate surface area is 119 Å².